The van der Waals surface area contributed by atoms with Gasteiger partial charge >= 0.3 is 0 Å². The number of anilines is 1. The van der Waals surface area contributed by atoms with Gasteiger partial charge in [0, 0.05) is 50.0 Å². The van der Waals surface area contributed by atoms with E-state index in [9.17, 15) is 8.42 Å². The Morgan fingerprint density at radius 2 is 1.79 bits per heavy atom. The van der Waals surface area contributed by atoms with Crippen LogP contribution in [0.5, 0.6) is 0 Å². The summed E-state index contributed by atoms with van der Waals surface area (Å²) < 4.78 is 27.3. The molecule has 1 aliphatic heterocycles. The summed E-state index contributed by atoms with van der Waals surface area (Å²) in [5, 5.41) is 4.32. The van der Waals surface area contributed by atoms with E-state index in [1.165, 1.54) is 3.97 Å². The summed E-state index contributed by atoms with van der Waals surface area (Å²) in [6, 6.07) is 15.5. The maximum Gasteiger partial charge on any atom is 0.242 e. The van der Waals surface area contributed by atoms with E-state index < -0.39 is 10.0 Å². The molecule has 1 fully saturated rings. The van der Waals surface area contributed by atoms with E-state index in [0.29, 0.717) is 6.54 Å². The number of hydrogen-bond donors (Lipinski definition) is 2. The maximum atomic E-state index is 13.0. The standard InChI is InChI=1S/C22H26N4O2S/c23-17-19-8-6-18(7-9-19)3-2-16-29(27,28)26-13-10-20-21(4-1-5-22(20)26)25-14-11-24-12-15-25/h1-10,13,24H,11-12,14-17,23H2. The van der Waals surface area contributed by atoms with Gasteiger partial charge < -0.3 is 16.0 Å². The van der Waals surface area contributed by atoms with Crippen LogP contribution in [0.2, 0.25) is 0 Å². The quantitative estimate of drug-likeness (QED) is 0.652. The monoisotopic (exact) mass is 410 g/mol. The lowest BCUT2D eigenvalue weighted by molar-refractivity contribution is 0.590. The van der Waals surface area contributed by atoms with Crippen molar-refractivity contribution in [3.8, 4) is 0 Å². The number of benzene rings is 2. The lowest BCUT2D eigenvalue weighted by Gasteiger charge is -2.30. The Kier molecular flexibility index (Phi) is 5.71. The fourth-order valence-corrected chi connectivity index (χ4v) is 4.91. The molecule has 2 heterocycles. The van der Waals surface area contributed by atoms with Crippen LogP contribution in [-0.2, 0) is 16.6 Å². The first kappa shape index (κ1) is 19.7. The number of nitrogens with one attached hydrogen (secondary N) is 1. The van der Waals surface area contributed by atoms with Gasteiger partial charge in [-0.05, 0) is 29.3 Å². The molecular weight excluding hydrogens is 384 g/mol. The Balaban J connectivity index is 1.57. The summed E-state index contributed by atoms with van der Waals surface area (Å²) >= 11 is 0. The lowest BCUT2D eigenvalue weighted by atomic mass is 10.1. The molecular formula is C22H26N4O2S. The Hall–Kier alpha value is -2.61. The van der Waals surface area contributed by atoms with Crippen LogP contribution in [0.15, 0.2) is 60.8 Å². The van der Waals surface area contributed by atoms with Gasteiger partial charge in [0.2, 0.25) is 10.0 Å². The van der Waals surface area contributed by atoms with E-state index in [1.807, 2.05) is 48.5 Å². The second-order valence-electron chi connectivity index (χ2n) is 7.19. The van der Waals surface area contributed by atoms with Crippen molar-refractivity contribution in [3.63, 3.8) is 0 Å². The van der Waals surface area contributed by atoms with Crippen LogP contribution in [0.3, 0.4) is 0 Å². The number of nitrogens with two attached hydrogens (primary N) is 1. The molecule has 2 aromatic carbocycles. The van der Waals surface area contributed by atoms with Crippen molar-refractivity contribution < 1.29 is 8.42 Å². The van der Waals surface area contributed by atoms with Gasteiger partial charge in [-0.2, -0.15) is 0 Å². The van der Waals surface area contributed by atoms with Gasteiger partial charge in [-0.3, -0.25) is 0 Å². The first-order valence-electron chi connectivity index (χ1n) is 9.83. The van der Waals surface area contributed by atoms with Crippen molar-refractivity contribution in [1.29, 1.82) is 0 Å². The van der Waals surface area contributed by atoms with E-state index in [-0.39, 0.29) is 5.75 Å². The molecule has 0 spiro atoms. The van der Waals surface area contributed by atoms with Gasteiger partial charge in [0.05, 0.1) is 11.3 Å². The summed E-state index contributed by atoms with van der Waals surface area (Å²) in [6.07, 6.45) is 5.18. The van der Waals surface area contributed by atoms with Crippen LogP contribution in [0.1, 0.15) is 11.1 Å². The average Bonchev–Trinajstić information content (AvgIpc) is 3.20. The van der Waals surface area contributed by atoms with Crippen LogP contribution < -0.4 is 16.0 Å². The first-order chi connectivity index (χ1) is 14.1. The summed E-state index contributed by atoms with van der Waals surface area (Å²) in [4.78, 5) is 2.31. The molecule has 3 aromatic rings. The highest BCUT2D eigenvalue weighted by Gasteiger charge is 2.18. The second kappa shape index (κ2) is 8.41. The van der Waals surface area contributed by atoms with E-state index >= 15 is 0 Å². The van der Waals surface area contributed by atoms with Gasteiger partial charge in [-0.15, -0.1) is 0 Å². The van der Waals surface area contributed by atoms with Gasteiger partial charge in [-0.25, -0.2) is 12.4 Å². The smallest absolute Gasteiger partial charge is 0.242 e. The highest BCUT2D eigenvalue weighted by atomic mass is 32.2. The topological polar surface area (TPSA) is 80.4 Å². The zero-order chi connectivity index (χ0) is 20.3. The maximum absolute atomic E-state index is 13.0. The highest BCUT2D eigenvalue weighted by Crippen LogP contribution is 2.29. The van der Waals surface area contributed by atoms with Crippen molar-refractivity contribution in [2.45, 2.75) is 6.54 Å². The SMILES string of the molecule is NCc1ccc(C=CCS(=O)(=O)n2ccc3c(N4CCNCC4)cccc32)cc1. The molecule has 7 heteroatoms. The van der Waals surface area contributed by atoms with Crippen molar-refractivity contribution in [2.75, 3.05) is 36.8 Å². The number of rotatable bonds is 6. The van der Waals surface area contributed by atoms with Crippen LogP contribution in [0, 0.1) is 0 Å². The molecule has 3 N–H and O–H groups in total. The predicted octanol–water partition coefficient (Wildman–Crippen LogP) is 2.40. The molecule has 4 rings (SSSR count). The van der Waals surface area contributed by atoms with Crippen molar-refractivity contribution in [2.24, 2.45) is 5.73 Å². The molecule has 0 aliphatic carbocycles. The molecule has 0 unspecified atom stereocenters. The molecule has 1 aromatic heterocycles. The Bertz CT molecular complexity index is 1110. The number of piperazine rings is 1. The molecule has 1 aliphatic rings. The molecule has 29 heavy (non-hydrogen) atoms. The van der Waals surface area contributed by atoms with Crippen LogP contribution >= 0.6 is 0 Å². The number of hydrogen-bond acceptors (Lipinski definition) is 5. The zero-order valence-corrected chi connectivity index (χ0v) is 17.1. The van der Waals surface area contributed by atoms with E-state index in [4.69, 9.17) is 5.73 Å². The largest absolute Gasteiger partial charge is 0.368 e. The van der Waals surface area contributed by atoms with Crippen molar-refractivity contribution >= 4 is 32.7 Å². The summed E-state index contributed by atoms with van der Waals surface area (Å²) in [5.41, 5.74) is 9.43. The minimum atomic E-state index is -3.50. The predicted molar refractivity (Wildman–Crippen MR) is 120 cm³/mol. The zero-order valence-electron chi connectivity index (χ0n) is 16.3. The van der Waals surface area contributed by atoms with E-state index in [1.54, 1.807) is 12.3 Å². The molecule has 0 bridgehead atoms. The average molecular weight is 411 g/mol. The highest BCUT2D eigenvalue weighted by molar-refractivity contribution is 7.90. The fraction of sp³-hybridized carbons (Fsp3) is 0.273. The molecule has 1 saturated heterocycles. The Morgan fingerprint density at radius 1 is 1.03 bits per heavy atom. The summed E-state index contributed by atoms with van der Waals surface area (Å²) in [6.45, 7) is 4.21. The molecule has 0 atom stereocenters. The third-order valence-electron chi connectivity index (χ3n) is 5.26. The van der Waals surface area contributed by atoms with Crippen molar-refractivity contribution in [1.82, 2.24) is 9.29 Å². The molecule has 0 radical (unpaired) electrons. The van der Waals surface area contributed by atoms with Crippen LogP contribution in [0.25, 0.3) is 17.0 Å². The minimum absolute atomic E-state index is 0.0622. The van der Waals surface area contributed by atoms with Crippen LogP contribution in [0.4, 0.5) is 5.69 Å². The normalized spacial score (nSPS) is 15.4. The van der Waals surface area contributed by atoms with E-state index in [0.717, 1.165) is 53.9 Å². The fourth-order valence-electron chi connectivity index (χ4n) is 3.70. The molecule has 152 valence electrons. The van der Waals surface area contributed by atoms with Crippen LogP contribution in [-0.4, -0.2) is 44.3 Å². The van der Waals surface area contributed by atoms with E-state index in [2.05, 4.69) is 16.3 Å². The van der Waals surface area contributed by atoms with Gasteiger partial charge in [0.25, 0.3) is 0 Å². The van der Waals surface area contributed by atoms with Gasteiger partial charge in [0.15, 0.2) is 0 Å². The molecule has 0 saturated carbocycles. The third-order valence-corrected chi connectivity index (χ3v) is 6.80. The molecule has 0 amide bonds. The number of nitrogens with zero attached hydrogens (tertiary/aromatic N) is 2. The summed E-state index contributed by atoms with van der Waals surface area (Å²) in [7, 11) is -3.50. The lowest BCUT2D eigenvalue weighted by Crippen LogP contribution is -2.43. The first-order valence-corrected chi connectivity index (χ1v) is 11.4. The minimum Gasteiger partial charge on any atom is -0.368 e. The number of fused-ring (bicyclic) bond motifs is 1. The molecule has 6 nitrogen and oxygen atoms in total. The number of aromatic nitrogens is 1. The van der Waals surface area contributed by atoms with Gasteiger partial charge in [-0.1, -0.05) is 42.5 Å². The Morgan fingerprint density at radius 3 is 2.52 bits per heavy atom. The third kappa shape index (κ3) is 4.22. The Labute approximate surface area is 171 Å². The van der Waals surface area contributed by atoms with Gasteiger partial charge in [0.1, 0.15) is 0 Å². The summed E-state index contributed by atoms with van der Waals surface area (Å²) in [5.74, 6) is -0.0622. The van der Waals surface area contributed by atoms with Crippen molar-refractivity contribution in [3.05, 3.63) is 71.9 Å². The second-order valence-corrected chi connectivity index (χ2v) is 9.08.